The van der Waals surface area contributed by atoms with Gasteiger partial charge in [0.05, 0.1) is 43.2 Å². The highest BCUT2D eigenvalue weighted by Crippen LogP contribution is 2.58. The van der Waals surface area contributed by atoms with Crippen LogP contribution in [0.15, 0.2) is 352 Å². The Bertz CT molecular complexity index is 7750. The van der Waals surface area contributed by atoms with Crippen LogP contribution in [0.1, 0.15) is 83.1 Å². The van der Waals surface area contributed by atoms with Gasteiger partial charge < -0.3 is 18.9 Å². The van der Waals surface area contributed by atoms with Crippen LogP contribution in [0, 0.1) is 0 Å². The zero-order chi connectivity index (χ0) is 82.0. The topological polar surface area (TPSA) is 16.3 Å². The molecule has 2 aliphatic heterocycles. The first-order valence-corrected chi connectivity index (χ1v) is 42.2. The second kappa shape index (κ2) is 26.0. The van der Waals surface area contributed by atoms with Gasteiger partial charge in [-0.25, -0.2) is 0 Å². The Morgan fingerprint density at radius 2 is 0.729 bits per heavy atom. The van der Waals surface area contributed by atoms with Crippen LogP contribution < -0.4 is 25.5 Å². The normalized spacial score (nSPS) is 13.4. The number of thiophene rings is 1. The van der Waals surface area contributed by atoms with E-state index in [1.807, 2.05) is 0 Å². The summed E-state index contributed by atoms with van der Waals surface area (Å²) in [5, 5.41) is 15.2. The SMILES string of the molecule is [2H]c1c([2H])c(-n2c3ccccc3c3cc(-c4c5ccccc5c5ccc6cccc7ccc4c5c76)ccc32)c([2H])c2c1B1c3sc4cc(-n5c6ccccc6c6ccccc65)ccc4c3N(c3c(-c4ccccc4)cc(C(C)(C)C)cc3-c3ccccc3)c3cc(C(C)(C)C)cc(c31)N2c1c(-c2ccccc2)cc(C(C)(C)C)cc1-c1ccccc1. The maximum absolute atomic E-state index is 12.1. The molecule has 0 fully saturated rings. The highest BCUT2D eigenvalue weighted by molar-refractivity contribution is 7.33. The molecule has 18 aromatic carbocycles. The molecule has 21 aromatic rings. The quantitative estimate of drug-likeness (QED) is 0.0813. The third-order valence-corrected chi connectivity index (χ3v) is 26.8. The molecule has 2 aliphatic rings. The molecule has 3 aromatic heterocycles. The number of hydrogen-bond acceptors (Lipinski definition) is 3. The van der Waals surface area contributed by atoms with Gasteiger partial charge in [0.25, 0.3) is 6.71 Å². The van der Waals surface area contributed by atoms with Crippen molar-refractivity contribution in [2.45, 2.75) is 78.6 Å². The molecule has 0 radical (unpaired) electrons. The Hall–Kier alpha value is -13.5. The Kier molecular flexibility index (Phi) is 14.7. The van der Waals surface area contributed by atoms with Crippen LogP contribution >= 0.6 is 11.3 Å². The van der Waals surface area contributed by atoms with Crippen LogP contribution in [0.4, 0.5) is 34.1 Å². The Labute approximate surface area is 697 Å². The molecule has 4 nitrogen and oxygen atoms in total. The lowest BCUT2D eigenvalue weighted by Crippen LogP contribution is -2.60. The van der Waals surface area contributed by atoms with Gasteiger partial charge in [0, 0.05) is 87.1 Å². The number of nitrogens with zero attached hydrogens (tertiary/aromatic N) is 4. The smallest absolute Gasteiger partial charge is 0.264 e. The largest absolute Gasteiger partial charge is 0.310 e. The van der Waals surface area contributed by atoms with E-state index in [-0.39, 0.29) is 29.0 Å². The number of para-hydroxylation sites is 3. The summed E-state index contributed by atoms with van der Waals surface area (Å²) in [6.45, 7) is 20.2. The first kappa shape index (κ1) is 66.7. The van der Waals surface area contributed by atoms with Crippen molar-refractivity contribution >= 4 is 165 Å². The molecule has 562 valence electrons. The van der Waals surface area contributed by atoms with E-state index in [2.05, 4.69) is 415 Å². The number of benzene rings is 18. The van der Waals surface area contributed by atoms with Crippen LogP contribution in [-0.2, 0) is 16.2 Å². The lowest BCUT2D eigenvalue weighted by Gasteiger charge is -2.46. The zero-order valence-electron chi connectivity index (χ0n) is 70.5. The molecule has 0 aliphatic carbocycles. The average molecular weight is 1530 g/mol. The van der Waals surface area contributed by atoms with E-state index in [1.54, 1.807) is 11.3 Å². The monoisotopic (exact) mass is 1530 g/mol. The molecule has 118 heavy (non-hydrogen) atoms. The maximum Gasteiger partial charge on any atom is 0.264 e. The Morgan fingerprint density at radius 1 is 0.297 bits per heavy atom. The van der Waals surface area contributed by atoms with Gasteiger partial charge in [0.1, 0.15) is 0 Å². The standard InChI is InChI=1S/C112H85BN4S/c1-110(2,3)75-60-88(68-31-14-10-15-32-68)106(89(61-75)69-33-16-11-17-34-69)116-98-66-78(114-96-48-29-26-44-83(96)92-59-74(51-58-97(92)114)103-84-45-23-22-41-80(84)85-54-49-72-39-30-40-73-50-55-87(103)104(85)102(72)73)53-57-93(98)113-105-99(116)64-77(112(7,8)9)65-100(105)117(107-90(70-35-18-12-19-36-70)62-76(111(4,5)6)63-91(107)71-37-20-13-21-38-71)108-86-56-52-79(67-101(86)118-109(108)113)115-94-46-27-24-42-81(94)82-43-25-28-47-95(82)115/h10-67H,1-9H3/i53D,57D,66D. The molecule has 0 saturated heterocycles. The van der Waals surface area contributed by atoms with E-state index in [1.165, 1.54) is 59.4 Å². The van der Waals surface area contributed by atoms with Gasteiger partial charge in [-0.1, -0.05) is 317 Å². The fourth-order valence-corrected chi connectivity index (χ4v) is 21.2. The molecular formula is C112H85BN4S. The summed E-state index contributed by atoms with van der Waals surface area (Å²) in [4.78, 5) is 5.10. The maximum atomic E-state index is 12.1. The van der Waals surface area contributed by atoms with Crippen molar-refractivity contribution in [2.24, 2.45) is 0 Å². The first-order chi connectivity index (χ1) is 58.7. The molecule has 5 heterocycles. The van der Waals surface area contributed by atoms with Crippen molar-refractivity contribution in [1.29, 1.82) is 0 Å². The number of anilines is 6. The molecule has 0 N–H and O–H groups in total. The second-order valence-electron chi connectivity index (χ2n) is 35.6. The number of fused-ring (bicyclic) bond motifs is 14. The molecule has 6 heteroatoms. The molecule has 0 spiro atoms. The van der Waals surface area contributed by atoms with Gasteiger partial charge in [-0.05, 0) is 217 Å². The highest BCUT2D eigenvalue weighted by atomic mass is 32.1. The van der Waals surface area contributed by atoms with Gasteiger partial charge >= 0.3 is 0 Å². The van der Waals surface area contributed by atoms with E-state index >= 15 is 0 Å². The van der Waals surface area contributed by atoms with Gasteiger partial charge in [0.15, 0.2) is 0 Å². The van der Waals surface area contributed by atoms with Crippen LogP contribution in [0.2, 0.25) is 0 Å². The summed E-state index contributed by atoms with van der Waals surface area (Å²) >= 11 is 1.79. The van der Waals surface area contributed by atoms with Crippen LogP contribution in [0.5, 0.6) is 0 Å². The lowest BCUT2D eigenvalue weighted by atomic mass is 9.36. The average Bonchev–Trinajstić information content (AvgIpc) is 1.54. The number of hydrogen-bond donors (Lipinski definition) is 0. The van der Waals surface area contributed by atoms with E-state index in [0.717, 1.165) is 154 Å². The summed E-state index contributed by atoms with van der Waals surface area (Å²) in [7, 11) is 0. The minimum atomic E-state index is -0.690. The van der Waals surface area contributed by atoms with Gasteiger partial charge in [0.2, 0.25) is 0 Å². The minimum Gasteiger partial charge on any atom is -0.310 e. The number of rotatable bonds is 9. The van der Waals surface area contributed by atoms with Crippen molar-refractivity contribution in [3.05, 3.63) is 368 Å². The summed E-state index contributed by atoms with van der Waals surface area (Å²) < 4.78 is 42.0. The van der Waals surface area contributed by atoms with Crippen LogP contribution in [0.25, 0.3) is 164 Å². The van der Waals surface area contributed by atoms with E-state index < -0.39 is 12.1 Å². The summed E-state index contributed by atoms with van der Waals surface area (Å²) in [5.41, 5.74) is 25.4. The number of aromatic nitrogens is 2. The second-order valence-corrected chi connectivity index (χ2v) is 36.7. The molecule has 0 bridgehead atoms. The van der Waals surface area contributed by atoms with Gasteiger partial charge in [-0.2, -0.15) is 0 Å². The van der Waals surface area contributed by atoms with Crippen molar-refractivity contribution < 1.29 is 4.11 Å². The lowest BCUT2D eigenvalue weighted by molar-refractivity contribution is 0.590. The summed E-state index contributed by atoms with van der Waals surface area (Å²) in [5.74, 6) is 0. The van der Waals surface area contributed by atoms with Gasteiger partial charge in [-0.3, -0.25) is 0 Å². The molecule has 23 rings (SSSR count). The molecule has 0 amide bonds. The fourth-order valence-electron chi connectivity index (χ4n) is 19.8. The highest BCUT2D eigenvalue weighted by Gasteiger charge is 2.48. The third kappa shape index (κ3) is 10.6. The third-order valence-electron chi connectivity index (χ3n) is 25.5. The fraction of sp³-hybridized carbons (Fsp3) is 0.107. The van der Waals surface area contributed by atoms with E-state index in [9.17, 15) is 4.11 Å². The Morgan fingerprint density at radius 3 is 1.25 bits per heavy atom. The van der Waals surface area contributed by atoms with Crippen LogP contribution in [0.3, 0.4) is 0 Å². The minimum absolute atomic E-state index is 0.0200. The summed E-state index contributed by atoms with van der Waals surface area (Å²) in [6, 6.07) is 123. The molecule has 0 unspecified atom stereocenters. The first-order valence-electron chi connectivity index (χ1n) is 42.9. The van der Waals surface area contributed by atoms with Crippen molar-refractivity contribution in [3.63, 3.8) is 0 Å². The van der Waals surface area contributed by atoms with E-state index in [4.69, 9.17) is 0 Å². The predicted octanol–water partition coefficient (Wildman–Crippen LogP) is 29.5. The van der Waals surface area contributed by atoms with Crippen molar-refractivity contribution in [1.82, 2.24) is 9.13 Å². The zero-order valence-corrected chi connectivity index (χ0v) is 68.3. The van der Waals surface area contributed by atoms with Gasteiger partial charge in [-0.15, -0.1) is 11.3 Å². The van der Waals surface area contributed by atoms with Crippen molar-refractivity contribution in [2.75, 3.05) is 9.80 Å². The molecule has 0 saturated carbocycles. The molecule has 0 atom stereocenters. The Balaban J connectivity index is 0.881. The van der Waals surface area contributed by atoms with Crippen molar-refractivity contribution in [3.8, 4) is 67.0 Å². The molecular weight excluding hydrogens is 1440 g/mol. The van der Waals surface area contributed by atoms with E-state index in [0.29, 0.717) is 16.8 Å². The van der Waals surface area contributed by atoms with Crippen LogP contribution in [-0.4, -0.2) is 15.8 Å². The predicted molar refractivity (Wildman–Crippen MR) is 509 cm³/mol. The summed E-state index contributed by atoms with van der Waals surface area (Å²) in [6.07, 6.45) is 0.